The topological polar surface area (TPSA) is 104 Å². The summed E-state index contributed by atoms with van der Waals surface area (Å²) in [5.74, 6) is -0.00714. The van der Waals surface area contributed by atoms with Crippen LogP contribution in [0.3, 0.4) is 0 Å². The number of hydrogen-bond donors (Lipinski definition) is 2. The van der Waals surface area contributed by atoms with Gasteiger partial charge in [0.05, 0.1) is 23.4 Å². The van der Waals surface area contributed by atoms with Crippen LogP contribution in [-0.2, 0) is 4.74 Å². The summed E-state index contributed by atoms with van der Waals surface area (Å²) in [4.78, 5) is 26.3. The maximum atomic E-state index is 13.9. The molecule has 5 heterocycles. The smallest absolute Gasteiger partial charge is 0.259 e. The van der Waals surface area contributed by atoms with Gasteiger partial charge in [0.25, 0.3) is 5.91 Å². The zero-order valence-electron chi connectivity index (χ0n) is 25.9. The van der Waals surface area contributed by atoms with E-state index in [1.807, 2.05) is 7.11 Å². The Morgan fingerprint density at radius 3 is 2.21 bits per heavy atom. The van der Waals surface area contributed by atoms with Gasteiger partial charge in [-0.1, -0.05) is 56.5 Å². The third kappa shape index (κ3) is 7.30. The van der Waals surface area contributed by atoms with Gasteiger partial charge in [0.15, 0.2) is 11.5 Å². The number of carbonyl (C=O) groups is 1. The maximum absolute atomic E-state index is 13.9. The summed E-state index contributed by atoms with van der Waals surface area (Å²) in [5.41, 5.74) is 7.06. The summed E-state index contributed by atoms with van der Waals surface area (Å²) in [7, 11) is 1.84. The van der Waals surface area contributed by atoms with Crippen LogP contribution in [-0.4, -0.2) is 112 Å². The second-order valence-corrected chi connectivity index (χ2v) is 13.8. The molecule has 3 aliphatic heterocycles. The molecule has 6 rings (SSSR count). The van der Waals surface area contributed by atoms with Crippen molar-refractivity contribution in [1.82, 2.24) is 34.6 Å². The van der Waals surface area contributed by atoms with E-state index in [9.17, 15) is 4.79 Å². The van der Waals surface area contributed by atoms with Gasteiger partial charge in [0.2, 0.25) is 0 Å². The minimum atomic E-state index is -0.192. The predicted octanol–water partition coefficient (Wildman–Crippen LogP) is 4.22. The Kier molecular flexibility index (Phi) is 10.4. The highest BCUT2D eigenvalue weighted by Crippen LogP contribution is 2.30. The first-order valence-corrected chi connectivity index (χ1v) is 17.2. The van der Waals surface area contributed by atoms with Crippen LogP contribution in [0.2, 0.25) is 5.02 Å². The fraction of sp³-hybridized carbons (Fsp3) is 0.781. The maximum Gasteiger partial charge on any atom is 0.259 e. The normalized spacial score (nSPS) is 28.4. The lowest BCUT2D eigenvalue weighted by Crippen LogP contribution is -2.63. The number of anilines is 1. The van der Waals surface area contributed by atoms with Gasteiger partial charge in [-0.3, -0.25) is 19.5 Å². The Bertz CT molecular complexity index is 1210. The van der Waals surface area contributed by atoms with Crippen molar-refractivity contribution in [3.05, 3.63) is 23.0 Å². The van der Waals surface area contributed by atoms with E-state index in [-0.39, 0.29) is 17.8 Å². The number of rotatable bonds is 6. The van der Waals surface area contributed by atoms with Crippen molar-refractivity contribution in [3.8, 4) is 0 Å². The van der Waals surface area contributed by atoms with E-state index in [4.69, 9.17) is 22.1 Å². The van der Waals surface area contributed by atoms with Crippen molar-refractivity contribution < 1.29 is 9.53 Å². The molecule has 3 N–H and O–H groups in total. The minimum absolute atomic E-state index is 0.0134. The summed E-state index contributed by atoms with van der Waals surface area (Å²) in [5, 5.41) is 8.24. The zero-order chi connectivity index (χ0) is 29.8. The summed E-state index contributed by atoms with van der Waals surface area (Å²) in [6.07, 6.45) is 20.1. The number of halogens is 1. The molecule has 238 valence electrons. The molecule has 10 nitrogen and oxygen atoms in total. The van der Waals surface area contributed by atoms with Crippen LogP contribution in [0.1, 0.15) is 93.8 Å². The Morgan fingerprint density at radius 2 is 1.51 bits per heavy atom. The molecule has 11 heteroatoms. The van der Waals surface area contributed by atoms with E-state index < -0.39 is 0 Å². The number of likely N-dealkylation sites (tertiary alicyclic amines) is 3. The molecule has 1 saturated carbocycles. The number of methoxy groups -OCH3 is 1. The SMILES string of the molecule is COC1CCN(C2CCN(C3CCN(C4CCCCCCCCC4)CC3NC(=O)c3c(N)nn4cc(Cl)cnc34)CC2)C1. The van der Waals surface area contributed by atoms with Gasteiger partial charge < -0.3 is 15.8 Å². The number of carbonyl (C=O) groups excluding carboxylic acids is 1. The average molecular weight is 615 g/mol. The van der Waals surface area contributed by atoms with E-state index in [0.717, 1.165) is 52.1 Å². The summed E-state index contributed by atoms with van der Waals surface area (Å²) >= 11 is 6.13. The standard InChI is InChI=1S/C32H51ClN8O2/c1-43-26-13-17-39(21-26)25-11-15-38(16-12-25)28-14-18-40(24-9-7-5-3-2-4-6-8-10-24)22-27(28)36-32(42)29-30(34)37-41-20-23(33)19-35-31(29)41/h19-20,24-28H,2-18,21-22H2,1H3,(H2,34,37)(H,36,42). The van der Waals surface area contributed by atoms with Gasteiger partial charge in [-0.2, -0.15) is 0 Å². The van der Waals surface area contributed by atoms with Crippen molar-refractivity contribution in [2.24, 2.45) is 0 Å². The number of fused-ring (bicyclic) bond motifs is 1. The predicted molar refractivity (Wildman–Crippen MR) is 171 cm³/mol. The number of piperidine rings is 2. The molecule has 3 unspecified atom stereocenters. The van der Waals surface area contributed by atoms with Crippen molar-refractivity contribution in [3.63, 3.8) is 0 Å². The van der Waals surface area contributed by atoms with Crippen LogP contribution < -0.4 is 11.1 Å². The van der Waals surface area contributed by atoms with Gasteiger partial charge in [-0.15, -0.1) is 5.10 Å². The number of nitrogens with zero attached hydrogens (tertiary/aromatic N) is 6. The second-order valence-electron chi connectivity index (χ2n) is 13.3. The molecule has 1 amide bonds. The number of nitrogens with one attached hydrogen (secondary N) is 1. The number of hydrogen-bond acceptors (Lipinski definition) is 8. The molecule has 3 saturated heterocycles. The molecule has 0 radical (unpaired) electrons. The first-order chi connectivity index (χ1) is 21.0. The molecule has 2 aromatic rings. The Labute approximate surface area is 261 Å². The lowest BCUT2D eigenvalue weighted by Gasteiger charge is -2.48. The van der Waals surface area contributed by atoms with Gasteiger partial charge in [0, 0.05) is 70.7 Å². The number of aromatic nitrogens is 3. The lowest BCUT2D eigenvalue weighted by molar-refractivity contribution is 0.0211. The average Bonchev–Trinajstić information content (AvgIpc) is 3.63. The van der Waals surface area contributed by atoms with E-state index >= 15 is 0 Å². The van der Waals surface area contributed by atoms with Gasteiger partial charge in [-0.25, -0.2) is 9.50 Å². The molecule has 4 fully saturated rings. The van der Waals surface area contributed by atoms with Crippen molar-refractivity contribution >= 4 is 29.0 Å². The molecule has 0 bridgehead atoms. The number of nitrogen functional groups attached to an aromatic ring is 1. The molecule has 2 aromatic heterocycles. The van der Waals surface area contributed by atoms with Crippen molar-refractivity contribution in [2.45, 2.75) is 114 Å². The fourth-order valence-corrected chi connectivity index (χ4v) is 8.42. The van der Waals surface area contributed by atoms with E-state index in [1.54, 1.807) is 12.4 Å². The monoisotopic (exact) mass is 614 g/mol. The number of amides is 1. The molecule has 43 heavy (non-hydrogen) atoms. The van der Waals surface area contributed by atoms with E-state index in [2.05, 4.69) is 30.1 Å². The van der Waals surface area contributed by atoms with Crippen molar-refractivity contribution in [2.75, 3.05) is 52.1 Å². The Hall–Kier alpha value is -1.98. The van der Waals surface area contributed by atoms with Crippen LogP contribution in [0.15, 0.2) is 12.4 Å². The number of ether oxygens (including phenoxy) is 1. The molecule has 0 aromatic carbocycles. The summed E-state index contributed by atoms with van der Waals surface area (Å²) in [6.45, 7) is 6.31. The molecule has 3 atom stereocenters. The number of nitrogens with two attached hydrogens (primary N) is 1. The van der Waals surface area contributed by atoms with Gasteiger partial charge in [-0.05, 0) is 38.5 Å². The van der Waals surface area contributed by atoms with Gasteiger partial charge in [0.1, 0.15) is 5.56 Å². The van der Waals surface area contributed by atoms with Crippen LogP contribution in [0.4, 0.5) is 5.82 Å². The van der Waals surface area contributed by atoms with Crippen LogP contribution in [0, 0.1) is 0 Å². The van der Waals surface area contributed by atoms with Crippen LogP contribution in [0.25, 0.3) is 5.65 Å². The third-order valence-electron chi connectivity index (χ3n) is 10.7. The lowest BCUT2D eigenvalue weighted by atomic mass is 9.90. The molecule has 4 aliphatic rings. The largest absolute Gasteiger partial charge is 0.381 e. The molecule has 1 aliphatic carbocycles. The quantitative estimate of drug-likeness (QED) is 0.499. The highest BCUT2D eigenvalue weighted by molar-refractivity contribution is 6.30. The van der Waals surface area contributed by atoms with E-state index in [0.29, 0.717) is 40.5 Å². The molecular weight excluding hydrogens is 564 g/mol. The highest BCUT2D eigenvalue weighted by atomic mass is 35.5. The second kappa shape index (κ2) is 14.4. The Balaban J connectivity index is 1.17. The summed E-state index contributed by atoms with van der Waals surface area (Å²) in [6, 6.07) is 1.54. The summed E-state index contributed by atoms with van der Waals surface area (Å²) < 4.78 is 7.14. The molecular formula is C32H51ClN8O2. The first kappa shape index (κ1) is 31.0. The first-order valence-electron chi connectivity index (χ1n) is 16.9. The minimum Gasteiger partial charge on any atom is -0.381 e. The highest BCUT2D eigenvalue weighted by Gasteiger charge is 2.39. The fourth-order valence-electron chi connectivity index (χ4n) is 8.28. The Morgan fingerprint density at radius 1 is 0.884 bits per heavy atom. The van der Waals surface area contributed by atoms with E-state index in [1.165, 1.54) is 75.1 Å². The van der Waals surface area contributed by atoms with Crippen LogP contribution in [0.5, 0.6) is 0 Å². The third-order valence-corrected chi connectivity index (χ3v) is 10.9. The zero-order valence-corrected chi connectivity index (χ0v) is 26.7. The molecule has 0 spiro atoms. The van der Waals surface area contributed by atoms with Crippen LogP contribution >= 0.6 is 11.6 Å². The van der Waals surface area contributed by atoms with Crippen molar-refractivity contribution in [1.29, 1.82) is 0 Å². The van der Waals surface area contributed by atoms with Gasteiger partial charge >= 0.3 is 0 Å².